The molecule has 0 fully saturated rings. The quantitative estimate of drug-likeness (QED) is 0.0142. The van der Waals surface area contributed by atoms with E-state index in [0.717, 1.165) is 23.9 Å². The van der Waals surface area contributed by atoms with Gasteiger partial charge in [-0.15, -0.1) is 11.8 Å². The van der Waals surface area contributed by atoms with Crippen LogP contribution in [0.5, 0.6) is 11.5 Å². The van der Waals surface area contributed by atoms with Crippen LogP contribution in [0.2, 0.25) is 0 Å². The summed E-state index contributed by atoms with van der Waals surface area (Å²) >= 11 is 0.858. The first-order valence-corrected chi connectivity index (χ1v) is 22.1. The van der Waals surface area contributed by atoms with E-state index in [1.807, 2.05) is 0 Å². The molecule has 0 aliphatic rings. The van der Waals surface area contributed by atoms with Crippen molar-refractivity contribution in [3.63, 3.8) is 0 Å². The van der Waals surface area contributed by atoms with Crippen molar-refractivity contribution >= 4 is 70.7 Å². The molecule has 3 aromatic rings. The summed E-state index contributed by atoms with van der Waals surface area (Å²) < 4.78 is 105. The molecule has 0 unspecified atom stereocenters. The second kappa shape index (κ2) is 24.2. The number of aliphatic imine (C=N–C) groups is 1. The average Bonchev–Trinajstić information content (AvgIpc) is 3.17. The van der Waals surface area contributed by atoms with Gasteiger partial charge >= 0.3 is 36.7 Å². The maximum atomic E-state index is 14.4. The second-order valence-electron chi connectivity index (χ2n) is 17.9. The van der Waals surface area contributed by atoms with Crippen molar-refractivity contribution in [1.82, 2.24) is 16.0 Å². The molecule has 0 spiro atoms. The zero-order chi connectivity index (χ0) is 52.8. The van der Waals surface area contributed by atoms with Gasteiger partial charge in [0.1, 0.15) is 28.3 Å². The minimum Gasteiger partial charge on any atom is -0.733 e. The van der Waals surface area contributed by atoms with Crippen molar-refractivity contribution in [3.05, 3.63) is 70.9 Å². The molecular weight excluding hydrogens is 963 g/mol. The van der Waals surface area contributed by atoms with Crippen molar-refractivity contribution in [2.45, 2.75) is 116 Å². The highest BCUT2D eigenvalue weighted by atomic mass is 32.2. The molecular formula is C44H55F6N8O11S-. The Labute approximate surface area is 403 Å². The van der Waals surface area contributed by atoms with Crippen molar-refractivity contribution in [2.75, 3.05) is 40.0 Å². The van der Waals surface area contributed by atoms with E-state index < -0.39 is 92.9 Å². The van der Waals surface area contributed by atoms with Gasteiger partial charge in [0.15, 0.2) is 0 Å². The number of carbonyl (C=O) groups is 5. The Morgan fingerprint density at radius 1 is 0.686 bits per heavy atom. The number of rotatable bonds is 15. The molecule has 26 heteroatoms. The number of alkyl carbamates (subject to hydrolysis) is 3. The van der Waals surface area contributed by atoms with E-state index in [0.29, 0.717) is 24.3 Å². The number of halogens is 6. The van der Waals surface area contributed by atoms with E-state index in [4.69, 9.17) is 18.9 Å². The first-order valence-electron chi connectivity index (χ1n) is 21.1. The smallest absolute Gasteiger partial charge is 0.416 e. The fourth-order valence-corrected chi connectivity index (χ4v) is 6.38. The van der Waals surface area contributed by atoms with Gasteiger partial charge in [-0.1, -0.05) is 6.07 Å². The Balaban J connectivity index is 1.87. The lowest BCUT2D eigenvalue weighted by Crippen LogP contribution is -2.47. The van der Waals surface area contributed by atoms with Crippen molar-refractivity contribution < 1.29 is 74.5 Å². The lowest BCUT2D eigenvalue weighted by Gasteiger charge is -2.23. The van der Waals surface area contributed by atoms with Crippen LogP contribution in [-0.4, -0.2) is 77.0 Å². The Bertz CT molecular complexity index is 2330. The largest absolute Gasteiger partial charge is 0.733 e. The summed E-state index contributed by atoms with van der Waals surface area (Å²) in [5, 5.41) is 34.2. The maximum Gasteiger partial charge on any atom is 0.416 e. The number of ether oxygens (including phenoxy) is 4. The number of anilines is 4. The molecule has 0 aromatic heterocycles. The minimum atomic E-state index is -5.00. The summed E-state index contributed by atoms with van der Waals surface area (Å²) in [5.74, 6) is -1.77. The zero-order valence-corrected chi connectivity index (χ0v) is 40.4. The number of hydrogen-bond acceptors (Lipinski definition) is 14. The third-order valence-electron chi connectivity index (χ3n) is 8.04. The van der Waals surface area contributed by atoms with Crippen LogP contribution in [0, 0.1) is 5.21 Å². The molecule has 386 valence electrons. The molecule has 0 saturated carbocycles. The van der Waals surface area contributed by atoms with E-state index in [1.54, 1.807) is 62.3 Å². The topological polar surface area (TPSA) is 253 Å². The van der Waals surface area contributed by atoms with Gasteiger partial charge in [-0.3, -0.25) is 25.6 Å². The van der Waals surface area contributed by atoms with E-state index >= 15 is 0 Å². The number of thioether (sulfide) groups is 1. The lowest BCUT2D eigenvalue weighted by atomic mass is 10.1. The first-order chi connectivity index (χ1) is 32.2. The second-order valence-corrected chi connectivity index (χ2v) is 19.0. The number of amides is 6. The van der Waals surface area contributed by atoms with Gasteiger partial charge in [-0.25, -0.2) is 19.2 Å². The molecule has 0 heterocycles. The molecule has 3 rings (SSSR count). The van der Waals surface area contributed by atoms with Gasteiger partial charge < -0.3 is 50.6 Å². The van der Waals surface area contributed by atoms with Crippen LogP contribution in [0.1, 0.15) is 92.7 Å². The van der Waals surface area contributed by atoms with E-state index in [-0.39, 0.29) is 66.1 Å². The van der Waals surface area contributed by atoms with Crippen molar-refractivity contribution in [2.24, 2.45) is 4.99 Å². The highest BCUT2D eigenvalue weighted by molar-refractivity contribution is 7.99. The molecule has 70 heavy (non-hydrogen) atoms. The molecule has 0 bridgehead atoms. The van der Waals surface area contributed by atoms with Crippen LogP contribution in [0.15, 0.2) is 64.5 Å². The number of nitrogens with zero attached hydrogens (tertiary/aromatic N) is 2. The number of alkyl halides is 6. The number of benzene rings is 3. The monoisotopic (exact) mass is 1020 g/mol. The molecule has 19 nitrogen and oxygen atoms in total. The van der Waals surface area contributed by atoms with Crippen molar-refractivity contribution in [3.8, 4) is 11.5 Å². The molecule has 6 amide bonds. The number of urea groups is 1. The van der Waals surface area contributed by atoms with Gasteiger partial charge in [0.25, 0.3) is 0 Å². The number of guanidine groups is 1. The van der Waals surface area contributed by atoms with Crippen LogP contribution in [-0.2, 0) is 31.4 Å². The Morgan fingerprint density at radius 3 is 1.77 bits per heavy atom. The van der Waals surface area contributed by atoms with E-state index in [9.17, 15) is 60.7 Å². The summed E-state index contributed by atoms with van der Waals surface area (Å²) in [6, 6.07) is 6.97. The highest BCUT2D eigenvalue weighted by Crippen LogP contribution is 2.42. The van der Waals surface area contributed by atoms with Crippen LogP contribution in [0.4, 0.5) is 68.3 Å². The Kier molecular flexibility index (Phi) is 20.0. The lowest BCUT2D eigenvalue weighted by molar-refractivity contribution is -0.138. The fraction of sp³-hybridized carbons (Fsp3) is 0.455. The van der Waals surface area contributed by atoms with E-state index in [2.05, 4.69) is 36.9 Å². The maximum absolute atomic E-state index is 14.4. The third-order valence-corrected chi connectivity index (χ3v) is 9.18. The van der Waals surface area contributed by atoms with Crippen molar-refractivity contribution in [1.29, 1.82) is 0 Å². The fourth-order valence-electron chi connectivity index (χ4n) is 5.44. The van der Waals surface area contributed by atoms with Crippen LogP contribution in [0.3, 0.4) is 0 Å². The van der Waals surface area contributed by atoms with Gasteiger partial charge in [-0.2, -0.15) is 26.3 Å². The SMILES string of the molecule is CC(C)(C)OC(=O)NCCSc1c(NC(=O)CCCCN=C(NC(=O)OC(C)(C)C)NC(=O)OC(C)(C)C)cc(C(F)(F)F)cc1NC(=O)Nc1cccc(Oc2cc(N([O-])O)cc(C(F)(F)F)c2)c1. The Hall–Kier alpha value is -6.67. The standard InChI is InChI=1S/C44H55F6N8O11S/c1-40(2,3)67-37(61)52-17-18-70-34-31(54-33(59)15-10-11-16-51-35(56-38(62)68-41(4,5)6)57-39(63)69-42(7,8)9)21-26(44(48,49)50)22-32(34)55-36(60)53-27-13-12-14-29(23-27)66-30-20-25(43(45,46)47)19-28(24-30)58(64)65/h12-14,19-24,64H,10-11,15-18H2,1-9H3,(H,52,61)(H,54,59)(H2,53,55,60)(H2,51,56,57,62,63)/q-1. The van der Waals surface area contributed by atoms with Crippen LogP contribution < -0.4 is 41.9 Å². The summed E-state index contributed by atoms with van der Waals surface area (Å²) in [6.07, 6.45) is -12.6. The van der Waals surface area contributed by atoms with Gasteiger partial charge in [-0.05, 0) is 112 Å². The summed E-state index contributed by atoms with van der Waals surface area (Å²) in [5.41, 5.74) is -6.89. The molecule has 0 aliphatic carbocycles. The normalized spacial score (nSPS) is 11.9. The zero-order valence-electron chi connectivity index (χ0n) is 39.5. The first kappa shape index (κ1) is 57.6. The number of hydrogen-bond donors (Lipinski definition) is 7. The summed E-state index contributed by atoms with van der Waals surface area (Å²) in [7, 11) is 0. The predicted molar refractivity (Wildman–Crippen MR) is 248 cm³/mol. The van der Waals surface area contributed by atoms with Gasteiger partial charge in [0, 0.05) is 43.1 Å². The molecule has 0 atom stereocenters. The number of unbranched alkanes of at least 4 members (excludes halogenated alkanes) is 1. The minimum absolute atomic E-state index is 0.0181. The number of nitrogens with one attached hydrogen (secondary N) is 6. The molecule has 0 radical (unpaired) electrons. The summed E-state index contributed by atoms with van der Waals surface area (Å²) in [4.78, 5) is 68.0. The Morgan fingerprint density at radius 2 is 1.23 bits per heavy atom. The molecule has 0 saturated heterocycles. The predicted octanol–water partition coefficient (Wildman–Crippen LogP) is 11.0. The van der Waals surface area contributed by atoms with Gasteiger partial charge in [0.2, 0.25) is 11.9 Å². The average molecular weight is 1020 g/mol. The molecule has 3 aromatic carbocycles. The molecule has 0 aliphatic heterocycles. The third kappa shape index (κ3) is 21.7. The number of carbonyl (C=O) groups excluding carboxylic acids is 5. The van der Waals surface area contributed by atoms with Crippen LogP contribution in [0.25, 0.3) is 0 Å². The highest BCUT2D eigenvalue weighted by Gasteiger charge is 2.34. The summed E-state index contributed by atoms with van der Waals surface area (Å²) in [6.45, 7) is 14.5. The van der Waals surface area contributed by atoms with Crippen LogP contribution >= 0.6 is 11.8 Å². The van der Waals surface area contributed by atoms with Gasteiger partial charge in [0.05, 0.1) is 33.1 Å². The molecule has 7 N–H and O–H groups in total. The van der Waals surface area contributed by atoms with E-state index in [1.165, 1.54) is 18.2 Å².